The topological polar surface area (TPSA) is 79.0 Å². The van der Waals surface area contributed by atoms with E-state index >= 15 is 0 Å². The molecule has 4 nitrogen and oxygen atoms in total. The van der Waals surface area contributed by atoms with E-state index in [2.05, 4.69) is 5.32 Å². The van der Waals surface area contributed by atoms with E-state index in [0.717, 1.165) is 0 Å². The smallest absolute Gasteiger partial charge is 0.226 e. The summed E-state index contributed by atoms with van der Waals surface area (Å²) >= 11 is 5.92. The van der Waals surface area contributed by atoms with Crippen LogP contribution in [0, 0.1) is 11.3 Å². The number of hydrogen-bond donors (Lipinski definition) is 3. The Morgan fingerprint density at radius 3 is 2.56 bits per heavy atom. The minimum atomic E-state index is -0.0914. The fraction of sp³-hybridized carbons (Fsp3) is 0.273. The molecule has 4 N–H and O–H groups in total. The molecule has 16 heavy (non-hydrogen) atoms. The lowest BCUT2D eigenvalue weighted by atomic mass is 10.1. The number of nitrogens with one attached hydrogen (secondary N) is 2. The highest BCUT2D eigenvalue weighted by atomic mass is 35.5. The zero-order chi connectivity index (χ0) is 12.3. The van der Waals surface area contributed by atoms with E-state index in [1.54, 1.807) is 32.0 Å². The number of anilines is 1. The second-order valence-corrected chi connectivity index (χ2v) is 4.16. The molecule has 0 radical (unpaired) electrons. The molecule has 86 valence electrons. The van der Waals surface area contributed by atoms with Gasteiger partial charge in [-0.15, -0.1) is 0 Å². The number of rotatable bonds is 3. The van der Waals surface area contributed by atoms with E-state index in [-0.39, 0.29) is 17.7 Å². The van der Waals surface area contributed by atoms with Gasteiger partial charge in [-0.2, -0.15) is 0 Å². The van der Waals surface area contributed by atoms with Crippen LogP contribution in [0.4, 0.5) is 5.69 Å². The van der Waals surface area contributed by atoms with Crippen molar-refractivity contribution in [3.8, 4) is 0 Å². The Labute approximate surface area is 99.3 Å². The van der Waals surface area contributed by atoms with Gasteiger partial charge in [-0.05, 0) is 18.2 Å². The first-order chi connectivity index (χ1) is 7.41. The maximum absolute atomic E-state index is 11.4. The molecule has 0 unspecified atom stereocenters. The van der Waals surface area contributed by atoms with Crippen LogP contribution in [-0.4, -0.2) is 11.7 Å². The second kappa shape index (κ2) is 4.99. The Morgan fingerprint density at radius 1 is 1.50 bits per heavy atom. The van der Waals surface area contributed by atoms with Gasteiger partial charge in [0, 0.05) is 17.2 Å². The van der Waals surface area contributed by atoms with Crippen LogP contribution in [-0.2, 0) is 4.79 Å². The van der Waals surface area contributed by atoms with Gasteiger partial charge in [-0.1, -0.05) is 25.4 Å². The van der Waals surface area contributed by atoms with Crippen LogP contribution in [0.25, 0.3) is 0 Å². The minimum absolute atomic E-state index is 0.0772. The molecule has 0 aliphatic rings. The summed E-state index contributed by atoms with van der Waals surface area (Å²) in [6, 6.07) is 4.86. The molecule has 0 heterocycles. The first-order valence-corrected chi connectivity index (χ1v) is 5.24. The van der Waals surface area contributed by atoms with E-state index in [9.17, 15) is 4.79 Å². The Bertz CT molecular complexity index is 429. The average molecular weight is 240 g/mol. The number of hydrogen-bond acceptors (Lipinski definition) is 2. The molecule has 5 heteroatoms. The summed E-state index contributed by atoms with van der Waals surface area (Å²) in [5, 5.41) is 10.3. The van der Waals surface area contributed by atoms with E-state index in [1.807, 2.05) is 0 Å². The highest BCUT2D eigenvalue weighted by Gasteiger charge is 2.09. The molecule has 0 aliphatic carbocycles. The van der Waals surface area contributed by atoms with Crippen LogP contribution in [0.1, 0.15) is 19.4 Å². The van der Waals surface area contributed by atoms with Crippen molar-refractivity contribution in [2.75, 3.05) is 5.32 Å². The van der Waals surface area contributed by atoms with Gasteiger partial charge in [0.1, 0.15) is 5.84 Å². The van der Waals surface area contributed by atoms with Crippen molar-refractivity contribution < 1.29 is 4.79 Å². The van der Waals surface area contributed by atoms with E-state index < -0.39 is 0 Å². The number of nitrogen functional groups attached to an aromatic ring is 1. The number of amidine groups is 1. The molecule has 0 aliphatic heterocycles. The van der Waals surface area contributed by atoms with E-state index in [0.29, 0.717) is 16.3 Å². The highest BCUT2D eigenvalue weighted by molar-refractivity contribution is 6.34. The fourth-order valence-electron chi connectivity index (χ4n) is 1.10. The van der Waals surface area contributed by atoms with Gasteiger partial charge in [0.25, 0.3) is 0 Å². The molecule has 1 aromatic carbocycles. The van der Waals surface area contributed by atoms with Crippen molar-refractivity contribution in [3.05, 3.63) is 28.8 Å². The zero-order valence-electron chi connectivity index (χ0n) is 9.17. The Hall–Kier alpha value is -1.55. The molecule has 0 fully saturated rings. The third-order valence-corrected chi connectivity index (χ3v) is 2.36. The summed E-state index contributed by atoms with van der Waals surface area (Å²) in [6.45, 7) is 3.61. The third kappa shape index (κ3) is 2.97. The third-order valence-electron chi connectivity index (χ3n) is 2.05. The predicted molar refractivity (Wildman–Crippen MR) is 65.9 cm³/mol. The first-order valence-electron chi connectivity index (χ1n) is 4.86. The molecule has 0 bridgehead atoms. The molecule has 1 aromatic rings. The van der Waals surface area contributed by atoms with Gasteiger partial charge in [0.15, 0.2) is 0 Å². The predicted octanol–water partition coefficient (Wildman–Crippen LogP) is 2.22. The van der Waals surface area contributed by atoms with Crippen LogP contribution in [0.3, 0.4) is 0 Å². The summed E-state index contributed by atoms with van der Waals surface area (Å²) in [7, 11) is 0. The summed E-state index contributed by atoms with van der Waals surface area (Å²) in [4.78, 5) is 11.4. The molecular weight excluding hydrogens is 226 g/mol. The fourth-order valence-corrected chi connectivity index (χ4v) is 1.38. The lowest BCUT2D eigenvalue weighted by molar-refractivity contribution is -0.118. The molecule has 0 saturated carbocycles. The van der Waals surface area contributed by atoms with Crippen molar-refractivity contribution >= 4 is 29.0 Å². The molecule has 0 aromatic heterocycles. The van der Waals surface area contributed by atoms with Crippen molar-refractivity contribution in [1.82, 2.24) is 0 Å². The summed E-state index contributed by atoms with van der Waals surface area (Å²) in [5.74, 6) is -0.260. The largest absolute Gasteiger partial charge is 0.384 e. The molecule has 0 atom stereocenters. The Morgan fingerprint density at radius 2 is 2.12 bits per heavy atom. The SMILES string of the molecule is CC(C)C(=O)Nc1ccc(C(=N)N)c(Cl)c1. The summed E-state index contributed by atoms with van der Waals surface area (Å²) in [6.07, 6.45) is 0. The van der Waals surface area contributed by atoms with Crippen LogP contribution >= 0.6 is 11.6 Å². The van der Waals surface area contributed by atoms with Crippen LogP contribution in [0.5, 0.6) is 0 Å². The van der Waals surface area contributed by atoms with Crippen molar-refractivity contribution in [2.24, 2.45) is 11.7 Å². The van der Waals surface area contributed by atoms with Crippen molar-refractivity contribution in [2.45, 2.75) is 13.8 Å². The lowest BCUT2D eigenvalue weighted by Gasteiger charge is -2.09. The highest BCUT2D eigenvalue weighted by Crippen LogP contribution is 2.20. The van der Waals surface area contributed by atoms with Crippen molar-refractivity contribution in [1.29, 1.82) is 5.41 Å². The van der Waals surface area contributed by atoms with Gasteiger partial charge in [0.05, 0.1) is 5.02 Å². The number of benzene rings is 1. The van der Waals surface area contributed by atoms with Crippen LogP contribution in [0.2, 0.25) is 5.02 Å². The van der Waals surface area contributed by atoms with Crippen molar-refractivity contribution in [3.63, 3.8) is 0 Å². The number of carbonyl (C=O) groups excluding carboxylic acids is 1. The van der Waals surface area contributed by atoms with Gasteiger partial charge >= 0.3 is 0 Å². The molecule has 0 spiro atoms. The maximum Gasteiger partial charge on any atom is 0.226 e. The van der Waals surface area contributed by atoms with Gasteiger partial charge in [-0.25, -0.2) is 0 Å². The molecular formula is C11H14ClN3O. The molecule has 1 amide bonds. The first kappa shape index (κ1) is 12.5. The maximum atomic E-state index is 11.4. The minimum Gasteiger partial charge on any atom is -0.384 e. The number of halogens is 1. The Kier molecular flexibility index (Phi) is 3.90. The second-order valence-electron chi connectivity index (χ2n) is 3.75. The van der Waals surface area contributed by atoms with Crippen LogP contribution < -0.4 is 11.1 Å². The molecule has 0 saturated heterocycles. The summed E-state index contributed by atoms with van der Waals surface area (Å²) in [5.41, 5.74) is 6.39. The van der Waals surface area contributed by atoms with E-state index in [1.165, 1.54) is 0 Å². The van der Waals surface area contributed by atoms with Crippen LogP contribution in [0.15, 0.2) is 18.2 Å². The standard InChI is InChI=1S/C11H14ClN3O/c1-6(2)11(16)15-7-3-4-8(10(13)14)9(12)5-7/h3-6H,1-2H3,(H3,13,14)(H,15,16). The quantitative estimate of drug-likeness (QED) is 0.559. The van der Waals surface area contributed by atoms with Gasteiger partial charge in [-0.3, -0.25) is 10.2 Å². The average Bonchev–Trinajstić information content (AvgIpc) is 2.16. The Balaban J connectivity index is 2.90. The zero-order valence-corrected chi connectivity index (χ0v) is 9.93. The number of carbonyl (C=O) groups is 1. The monoisotopic (exact) mass is 239 g/mol. The normalized spacial score (nSPS) is 10.2. The van der Waals surface area contributed by atoms with E-state index in [4.69, 9.17) is 22.7 Å². The van der Waals surface area contributed by atoms with Gasteiger partial charge in [0.2, 0.25) is 5.91 Å². The lowest BCUT2D eigenvalue weighted by Crippen LogP contribution is -2.18. The summed E-state index contributed by atoms with van der Waals surface area (Å²) < 4.78 is 0. The number of nitrogens with two attached hydrogens (primary N) is 1. The number of amides is 1. The van der Waals surface area contributed by atoms with Gasteiger partial charge < -0.3 is 11.1 Å². The molecule has 1 rings (SSSR count).